The molecule has 138 valence electrons. The topological polar surface area (TPSA) is 75.7 Å². The fraction of sp³-hybridized carbons (Fsp3) is 0.706. The molecule has 1 aromatic heterocycles. The third-order valence-electron chi connectivity index (χ3n) is 5.65. The van der Waals surface area contributed by atoms with Crippen molar-refractivity contribution in [1.82, 2.24) is 9.62 Å². The van der Waals surface area contributed by atoms with E-state index in [-0.39, 0.29) is 30.0 Å². The summed E-state index contributed by atoms with van der Waals surface area (Å²) in [5.74, 6) is 0.556. The Morgan fingerprint density at radius 2 is 2.20 bits per heavy atom. The number of nitrogens with one attached hydrogen (secondary N) is 1. The molecular weight excluding hydrogens is 360 g/mol. The van der Waals surface area contributed by atoms with E-state index in [1.807, 2.05) is 18.4 Å². The summed E-state index contributed by atoms with van der Waals surface area (Å²) in [4.78, 5) is 11.9. The number of fused-ring (bicyclic) bond motifs is 1. The lowest BCUT2D eigenvalue weighted by molar-refractivity contribution is -0.128. The second-order valence-corrected chi connectivity index (χ2v) is 10.4. The monoisotopic (exact) mass is 384 g/mol. The Kier molecular flexibility index (Phi) is 4.64. The van der Waals surface area contributed by atoms with Crippen LogP contribution in [0.5, 0.6) is 0 Å². The first-order valence-electron chi connectivity index (χ1n) is 8.92. The number of aryl methyl sites for hydroxylation is 1. The average molecular weight is 385 g/mol. The molecular formula is C17H24N2O4S2. The van der Waals surface area contributed by atoms with E-state index in [0.717, 1.165) is 31.2 Å². The Hall–Kier alpha value is -0.960. The molecule has 3 aliphatic rings. The summed E-state index contributed by atoms with van der Waals surface area (Å²) in [5, 5.41) is 4.81. The molecule has 0 radical (unpaired) electrons. The zero-order chi connectivity index (χ0) is 17.6. The maximum absolute atomic E-state index is 12.8. The van der Waals surface area contributed by atoms with Gasteiger partial charge in [0.2, 0.25) is 5.91 Å². The minimum atomic E-state index is -3.42. The van der Waals surface area contributed by atoms with Gasteiger partial charge in [0.25, 0.3) is 10.0 Å². The number of thiophene rings is 1. The number of amides is 1. The fourth-order valence-electron chi connectivity index (χ4n) is 3.92. The smallest absolute Gasteiger partial charge is 0.252 e. The summed E-state index contributed by atoms with van der Waals surface area (Å²) in [6.45, 7) is 3.30. The van der Waals surface area contributed by atoms with Crippen LogP contribution in [-0.4, -0.2) is 50.5 Å². The lowest BCUT2D eigenvalue weighted by Crippen LogP contribution is -2.39. The van der Waals surface area contributed by atoms with E-state index < -0.39 is 10.0 Å². The van der Waals surface area contributed by atoms with Crippen LogP contribution >= 0.6 is 11.3 Å². The molecule has 1 N–H and O–H groups in total. The van der Waals surface area contributed by atoms with E-state index in [9.17, 15) is 13.2 Å². The first kappa shape index (κ1) is 17.5. The molecule has 1 saturated carbocycles. The van der Waals surface area contributed by atoms with E-state index in [2.05, 4.69) is 5.32 Å². The number of hydrogen-bond donors (Lipinski definition) is 1. The number of rotatable bonds is 5. The molecule has 4 rings (SSSR count). The van der Waals surface area contributed by atoms with E-state index >= 15 is 0 Å². The number of carbonyl (C=O) groups excluding carboxylic acids is 1. The second-order valence-electron chi connectivity index (χ2n) is 7.38. The second kappa shape index (κ2) is 6.64. The van der Waals surface area contributed by atoms with E-state index in [1.165, 1.54) is 11.3 Å². The van der Waals surface area contributed by atoms with Gasteiger partial charge in [-0.25, -0.2) is 8.42 Å². The largest absolute Gasteiger partial charge is 0.371 e. The van der Waals surface area contributed by atoms with Crippen molar-refractivity contribution in [2.75, 3.05) is 19.6 Å². The van der Waals surface area contributed by atoms with Gasteiger partial charge in [-0.3, -0.25) is 4.79 Å². The molecule has 3 atom stereocenters. The molecule has 0 aromatic carbocycles. The van der Waals surface area contributed by atoms with Crippen LogP contribution in [0.25, 0.3) is 0 Å². The maximum atomic E-state index is 12.8. The normalized spacial score (nSPS) is 30.2. The molecule has 6 nitrogen and oxygen atoms in total. The molecule has 2 aliphatic heterocycles. The first-order valence-corrected chi connectivity index (χ1v) is 11.2. The summed E-state index contributed by atoms with van der Waals surface area (Å²) in [6.07, 6.45) is 3.91. The summed E-state index contributed by atoms with van der Waals surface area (Å²) in [6, 6.07) is 1.84. The van der Waals surface area contributed by atoms with E-state index in [0.29, 0.717) is 23.8 Å². The third kappa shape index (κ3) is 3.25. The van der Waals surface area contributed by atoms with Gasteiger partial charge in [0.05, 0.1) is 12.2 Å². The van der Waals surface area contributed by atoms with Crippen molar-refractivity contribution >= 4 is 27.3 Å². The molecule has 3 heterocycles. The van der Waals surface area contributed by atoms with Gasteiger partial charge in [0, 0.05) is 31.5 Å². The van der Waals surface area contributed by atoms with E-state index in [1.54, 1.807) is 4.31 Å². The van der Waals surface area contributed by atoms with Gasteiger partial charge < -0.3 is 10.1 Å². The molecule has 1 amide bonds. The molecule has 3 fully saturated rings. The van der Waals surface area contributed by atoms with Crippen molar-refractivity contribution < 1.29 is 17.9 Å². The number of hydrogen-bond acceptors (Lipinski definition) is 5. The minimum absolute atomic E-state index is 0.00681. The Labute approximate surface area is 152 Å². The first-order chi connectivity index (χ1) is 11.9. The highest BCUT2D eigenvalue weighted by Gasteiger charge is 2.46. The highest BCUT2D eigenvalue weighted by molar-refractivity contribution is 7.91. The van der Waals surface area contributed by atoms with Crippen molar-refractivity contribution in [3.8, 4) is 0 Å². The van der Waals surface area contributed by atoms with Gasteiger partial charge in [-0.15, -0.1) is 11.3 Å². The predicted molar refractivity (Wildman–Crippen MR) is 94.9 cm³/mol. The number of carbonyl (C=O) groups is 1. The van der Waals surface area contributed by atoms with Crippen LogP contribution in [0.3, 0.4) is 0 Å². The van der Waals surface area contributed by atoms with Crippen molar-refractivity contribution in [2.45, 2.75) is 49.0 Å². The van der Waals surface area contributed by atoms with E-state index in [4.69, 9.17) is 4.74 Å². The molecule has 2 saturated heterocycles. The Bertz CT molecular complexity index is 742. The van der Waals surface area contributed by atoms with Crippen molar-refractivity contribution in [2.24, 2.45) is 11.8 Å². The standard InChI is InChI=1S/C17H24N2O4S2/c1-11-5-6-24-17(11)25(21,22)19-9-13-7-14(23-15(13)10-19)8-18-16(20)12-3-2-4-12/h5-6,12-15H,2-4,7-10H2,1H3,(H,18,20)/t13-,14-,15+/m1/s1. The van der Waals surface area contributed by atoms with Crippen LogP contribution in [-0.2, 0) is 19.6 Å². The van der Waals surface area contributed by atoms with Crippen LogP contribution < -0.4 is 5.32 Å². The van der Waals surface area contributed by atoms with Crippen LogP contribution in [0.1, 0.15) is 31.2 Å². The zero-order valence-electron chi connectivity index (χ0n) is 14.3. The van der Waals surface area contributed by atoms with Gasteiger partial charge in [-0.05, 0) is 43.2 Å². The Morgan fingerprint density at radius 1 is 1.40 bits per heavy atom. The number of nitrogens with zero attached hydrogens (tertiary/aromatic N) is 1. The van der Waals surface area contributed by atoms with Crippen LogP contribution in [0.2, 0.25) is 0 Å². The molecule has 1 aliphatic carbocycles. The molecule has 25 heavy (non-hydrogen) atoms. The predicted octanol–water partition coefficient (Wildman–Crippen LogP) is 1.75. The van der Waals surface area contributed by atoms with Crippen molar-refractivity contribution in [1.29, 1.82) is 0 Å². The Morgan fingerprint density at radius 3 is 2.80 bits per heavy atom. The Balaban J connectivity index is 1.31. The van der Waals surface area contributed by atoms with Crippen molar-refractivity contribution in [3.05, 3.63) is 17.0 Å². The van der Waals surface area contributed by atoms with Crippen LogP contribution in [0, 0.1) is 18.8 Å². The number of sulfonamides is 1. The van der Waals surface area contributed by atoms with Gasteiger partial charge in [-0.2, -0.15) is 4.31 Å². The molecule has 0 spiro atoms. The summed E-state index contributed by atoms with van der Waals surface area (Å²) in [7, 11) is -3.42. The molecule has 1 aromatic rings. The van der Waals surface area contributed by atoms with Gasteiger partial charge in [0.15, 0.2) is 0 Å². The van der Waals surface area contributed by atoms with Gasteiger partial charge in [0.1, 0.15) is 4.21 Å². The summed E-state index contributed by atoms with van der Waals surface area (Å²) >= 11 is 1.28. The molecule has 8 heteroatoms. The zero-order valence-corrected chi connectivity index (χ0v) is 15.9. The highest BCUT2D eigenvalue weighted by Crippen LogP contribution is 2.37. The quantitative estimate of drug-likeness (QED) is 0.839. The minimum Gasteiger partial charge on any atom is -0.371 e. The molecule has 0 unspecified atom stereocenters. The lowest BCUT2D eigenvalue weighted by atomic mass is 9.85. The fourth-order valence-corrected chi connectivity index (χ4v) is 6.98. The van der Waals surface area contributed by atoms with Gasteiger partial charge in [-0.1, -0.05) is 6.42 Å². The SMILES string of the molecule is Cc1ccsc1S(=O)(=O)N1C[C@H]2C[C@H](CNC(=O)C3CCC3)O[C@H]2C1. The average Bonchev–Trinajstić information content (AvgIpc) is 3.17. The third-order valence-corrected chi connectivity index (χ3v) is 9.15. The van der Waals surface area contributed by atoms with Crippen LogP contribution in [0.15, 0.2) is 15.7 Å². The molecule has 0 bridgehead atoms. The summed E-state index contributed by atoms with van der Waals surface area (Å²) in [5.41, 5.74) is 0.805. The lowest BCUT2D eigenvalue weighted by Gasteiger charge is -2.25. The summed E-state index contributed by atoms with van der Waals surface area (Å²) < 4.78 is 33.6. The maximum Gasteiger partial charge on any atom is 0.252 e. The van der Waals surface area contributed by atoms with Crippen molar-refractivity contribution in [3.63, 3.8) is 0 Å². The number of ether oxygens (including phenoxy) is 1. The highest BCUT2D eigenvalue weighted by atomic mass is 32.2. The van der Waals surface area contributed by atoms with Crippen LogP contribution in [0.4, 0.5) is 0 Å². The van der Waals surface area contributed by atoms with Gasteiger partial charge >= 0.3 is 0 Å².